The Kier molecular flexibility index (Phi) is 4.57. The Bertz CT molecular complexity index is 435. The van der Waals surface area contributed by atoms with Crippen LogP contribution >= 0.6 is 0 Å². The molecule has 0 spiro atoms. The highest BCUT2D eigenvalue weighted by molar-refractivity contribution is 8.01. The van der Waals surface area contributed by atoms with E-state index in [0.29, 0.717) is 18.4 Å². The van der Waals surface area contributed by atoms with E-state index in [0.717, 1.165) is 0 Å². The van der Waals surface area contributed by atoms with Crippen molar-refractivity contribution in [2.24, 2.45) is 7.05 Å². The van der Waals surface area contributed by atoms with Gasteiger partial charge in [0.1, 0.15) is 6.60 Å². The summed E-state index contributed by atoms with van der Waals surface area (Å²) in [4.78, 5) is 0. The molecule has 0 aliphatic carbocycles. The molecular weight excluding hydrogens is 220 g/mol. The van der Waals surface area contributed by atoms with E-state index in [1.165, 1.54) is 0 Å². The number of hydrogen-bond acceptors (Lipinski definition) is 0. The Morgan fingerprint density at radius 1 is 1.16 bits per heavy atom. The molecular formula is C7H11B10N2+. The first-order valence-corrected chi connectivity index (χ1v) is 6.67. The zero-order chi connectivity index (χ0) is 14.3. The fraction of sp³-hybridized carbons (Fsp3) is 0.571. The van der Waals surface area contributed by atoms with Crippen molar-refractivity contribution >= 4 is 70.8 Å². The lowest BCUT2D eigenvalue weighted by Crippen LogP contribution is -2.64. The molecule has 1 aromatic heterocycles. The van der Waals surface area contributed by atoms with Gasteiger partial charge in [-0.2, -0.15) is 4.68 Å². The van der Waals surface area contributed by atoms with Crippen molar-refractivity contribution in [2.75, 3.05) is 0 Å². The third kappa shape index (κ3) is 2.83. The van der Waals surface area contributed by atoms with E-state index in [1.807, 2.05) is 30.2 Å². The van der Waals surface area contributed by atoms with Gasteiger partial charge in [-0.1, -0.05) is 12.7 Å². The second-order valence-electron chi connectivity index (χ2n) is 5.68. The first-order chi connectivity index (χ1) is 8.86. The average molecular weight is 231 g/mol. The molecule has 0 bridgehead atoms. The van der Waals surface area contributed by atoms with Crippen LogP contribution in [0.25, 0.3) is 0 Å². The van der Waals surface area contributed by atoms with Crippen LogP contribution < -0.4 is 4.68 Å². The molecule has 10 radical (unpaired) electrons. The van der Waals surface area contributed by atoms with Crippen molar-refractivity contribution in [3.63, 3.8) is 0 Å². The molecule has 0 amide bonds. The summed E-state index contributed by atoms with van der Waals surface area (Å²) in [6.07, 6.45) is 2.47. The molecule has 1 aliphatic rings. The minimum absolute atomic E-state index is 0.0811. The maximum absolute atomic E-state index is 6.09. The van der Waals surface area contributed by atoms with E-state index in [9.17, 15) is 0 Å². The Balaban J connectivity index is 2.19. The minimum atomic E-state index is -0.605. The van der Waals surface area contributed by atoms with Gasteiger partial charge in [0.2, 0.25) is 0 Å². The summed E-state index contributed by atoms with van der Waals surface area (Å²) in [5, 5.41) is 0. The van der Waals surface area contributed by atoms with Crippen LogP contribution in [-0.4, -0.2) is 75.5 Å². The van der Waals surface area contributed by atoms with Crippen molar-refractivity contribution in [1.82, 2.24) is 4.68 Å². The number of aryl methyl sites for hydroxylation is 1. The van der Waals surface area contributed by atoms with Gasteiger partial charge in [-0.15, -0.1) is 4.68 Å². The topological polar surface area (TPSA) is 8.81 Å². The van der Waals surface area contributed by atoms with Crippen molar-refractivity contribution in [1.29, 1.82) is 0 Å². The first-order valence-electron chi connectivity index (χ1n) is 6.67. The molecule has 1 aromatic rings. The highest BCUT2D eigenvalue weighted by Gasteiger charge is 2.59. The lowest BCUT2D eigenvalue weighted by atomic mass is 8.57. The van der Waals surface area contributed by atoms with E-state index in [-0.39, 0.29) is 6.39 Å². The summed E-state index contributed by atoms with van der Waals surface area (Å²) in [5.41, 5.74) is 0. The van der Waals surface area contributed by atoms with Crippen LogP contribution in [0.1, 0.15) is 12.9 Å². The summed E-state index contributed by atoms with van der Waals surface area (Å²) in [6, 6.07) is 2.01. The molecule has 1 fully saturated rings. The van der Waals surface area contributed by atoms with Gasteiger partial charge in [-0.05, 0) is 0 Å². The Labute approximate surface area is 124 Å². The quantitative estimate of drug-likeness (QED) is 0.375. The Hall–Kier alpha value is -0.141. The maximum atomic E-state index is 6.09. The monoisotopic (exact) mass is 233 g/mol. The Morgan fingerprint density at radius 3 is 2.21 bits per heavy atom. The third-order valence-electron chi connectivity index (χ3n) is 4.39. The van der Waals surface area contributed by atoms with E-state index < -0.39 is 19.2 Å². The standard InChI is InChI=1S/C7H11B10N2/c1-6-7(19-5-3-4-18(19)2)13(6)17(15(10)11)16(12)14(8)9/h3-7H,1-2H3/q+1/t6-,7?/m0/s1. The summed E-state index contributed by atoms with van der Waals surface area (Å²) in [5.74, 6) is 0.812. The Morgan fingerprint density at radius 2 is 1.79 bits per heavy atom. The van der Waals surface area contributed by atoms with Gasteiger partial charge in [-0.3, -0.25) is 0 Å². The smallest absolute Gasteiger partial charge is 0.167 e. The number of nitrogens with zero attached hydrogens (tertiary/aromatic N) is 2. The van der Waals surface area contributed by atoms with E-state index in [1.54, 1.807) is 0 Å². The fourth-order valence-corrected chi connectivity index (χ4v) is 3.24. The zero-order valence-electron chi connectivity index (χ0n) is 11.6. The third-order valence-corrected chi connectivity index (χ3v) is 4.39. The summed E-state index contributed by atoms with van der Waals surface area (Å²) in [6.45, 7) is 2.49. The lowest BCUT2D eigenvalue weighted by Gasteiger charge is -2.25. The van der Waals surface area contributed by atoms with Gasteiger partial charge in [0.25, 0.3) is 0 Å². The largest absolute Gasteiger partial charge is 0.195 e. The molecule has 12 heteroatoms. The zero-order valence-corrected chi connectivity index (χ0v) is 11.6. The van der Waals surface area contributed by atoms with Gasteiger partial charge in [0.15, 0.2) is 13.2 Å². The maximum Gasteiger partial charge on any atom is 0.195 e. The van der Waals surface area contributed by atoms with E-state index in [2.05, 4.69) is 11.6 Å². The molecule has 2 rings (SSSR count). The van der Waals surface area contributed by atoms with Crippen molar-refractivity contribution < 1.29 is 4.68 Å². The predicted molar refractivity (Wildman–Crippen MR) is 91.6 cm³/mol. The lowest BCUT2D eigenvalue weighted by molar-refractivity contribution is -0.753. The molecule has 2 nitrogen and oxygen atoms in total. The number of aromatic nitrogens is 2. The second-order valence-corrected chi connectivity index (χ2v) is 5.68. The highest BCUT2D eigenvalue weighted by atomic mass is 15.4. The van der Waals surface area contributed by atoms with Crippen LogP contribution in [0.15, 0.2) is 18.5 Å². The molecule has 19 heavy (non-hydrogen) atoms. The van der Waals surface area contributed by atoms with Crippen LogP contribution in [-0.2, 0) is 7.05 Å². The molecule has 1 saturated heterocycles. The van der Waals surface area contributed by atoms with Crippen molar-refractivity contribution in [2.45, 2.75) is 18.7 Å². The van der Waals surface area contributed by atoms with Gasteiger partial charge in [-0.25, -0.2) is 0 Å². The average Bonchev–Trinajstić information content (AvgIpc) is 2.76. The highest BCUT2D eigenvalue weighted by Crippen LogP contribution is 2.48. The van der Waals surface area contributed by atoms with Crippen LogP contribution in [0.3, 0.4) is 0 Å². The van der Waals surface area contributed by atoms with Crippen LogP contribution in [0, 0.1) is 0 Å². The van der Waals surface area contributed by atoms with Gasteiger partial charge < -0.3 is 0 Å². The predicted octanol–water partition coefficient (Wildman–Crippen LogP) is -3.09. The molecule has 2 atom stereocenters. The molecule has 1 unspecified atom stereocenters. The molecule has 1 aliphatic heterocycles. The minimum Gasteiger partial charge on any atom is -0.167 e. The van der Waals surface area contributed by atoms with Crippen LogP contribution in [0.4, 0.5) is 0 Å². The van der Waals surface area contributed by atoms with Gasteiger partial charge in [0, 0.05) is 70.3 Å². The number of rotatable bonds is 5. The normalized spacial score (nSPS) is 21.1. The summed E-state index contributed by atoms with van der Waals surface area (Å²) in [7, 11) is 31.3. The van der Waals surface area contributed by atoms with E-state index in [4.69, 9.17) is 38.7 Å². The van der Waals surface area contributed by atoms with E-state index >= 15 is 0 Å². The molecule has 78 valence electrons. The SMILES string of the molecule is [B]B([B])B([B])B(B([B])[B])B1C(n2ccc[n+]2C)[C@@H]1C. The number of hydrogen-bond donors (Lipinski definition) is 0. The van der Waals surface area contributed by atoms with Gasteiger partial charge >= 0.3 is 0 Å². The van der Waals surface area contributed by atoms with Crippen LogP contribution in [0.2, 0.25) is 5.82 Å². The first kappa shape index (κ1) is 15.3. The molecule has 0 N–H and O–H groups in total. The van der Waals surface area contributed by atoms with Gasteiger partial charge in [0.05, 0.1) is 12.1 Å². The van der Waals surface area contributed by atoms with Crippen molar-refractivity contribution in [3.05, 3.63) is 18.5 Å². The summed E-state index contributed by atoms with van der Waals surface area (Å²) >= 11 is 0. The van der Waals surface area contributed by atoms with Crippen LogP contribution in [0.5, 0.6) is 0 Å². The second kappa shape index (κ2) is 5.69. The molecule has 0 saturated carbocycles. The fourth-order valence-electron chi connectivity index (χ4n) is 3.24. The molecule has 2 heterocycles. The molecule has 0 aromatic carbocycles. The van der Waals surface area contributed by atoms with Crippen molar-refractivity contribution in [3.8, 4) is 0 Å². The summed E-state index contributed by atoms with van der Waals surface area (Å²) < 4.78 is 4.23.